The third-order valence-corrected chi connectivity index (χ3v) is 2.64. The fourth-order valence-electron chi connectivity index (χ4n) is 1.49. The van der Waals surface area contributed by atoms with Crippen LogP contribution in [0.4, 0.5) is 0 Å². The van der Waals surface area contributed by atoms with E-state index in [0.717, 1.165) is 13.1 Å². The first-order valence-corrected chi connectivity index (χ1v) is 4.81. The van der Waals surface area contributed by atoms with E-state index in [1.807, 2.05) is 0 Å². The molecule has 1 saturated heterocycles. The maximum absolute atomic E-state index is 5.94. The van der Waals surface area contributed by atoms with E-state index >= 15 is 0 Å². The molecule has 3 nitrogen and oxygen atoms in total. The zero-order valence-corrected chi connectivity index (χ0v) is 9.31. The van der Waals surface area contributed by atoms with Gasteiger partial charge in [-0.2, -0.15) is 0 Å². The summed E-state index contributed by atoms with van der Waals surface area (Å²) in [7, 11) is 1.73. The highest BCUT2D eigenvalue weighted by Gasteiger charge is 2.37. The Balaban J connectivity index is 2.61. The lowest BCUT2D eigenvalue weighted by Gasteiger charge is -2.43. The van der Waals surface area contributed by atoms with Crippen molar-refractivity contribution in [1.29, 1.82) is 0 Å². The van der Waals surface area contributed by atoms with Gasteiger partial charge in [0.25, 0.3) is 0 Å². The van der Waals surface area contributed by atoms with Gasteiger partial charge in [-0.15, -0.1) is 0 Å². The van der Waals surface area contributed by atoms with Gasteiger partial charge < -0.3 is 14.8 Å². The molecule has 0 aliphatic carbocycles. The summed E-state index contributed by atoms with van der Waals surface area (Å²) in [5.74, 6) is 0. The highest BCUT2D eigenvalue weighted by atomic mass is 16.6. The van der Waals surface area contributed by atoms with Crippen molar-refractivity contribution >= 4 is 0 Å². The van der Waals surface area contributed by atoms with Crippen LogP contribution in [0.15, 0.2) is 0 Å². The van der Waals surface area contributed by atoms with E-state index in [2.05, 4.69) is 33.0 Å². The number of ether oxygens (including phenoxy) is 2. The zero-order valence-electron chi connectivity index (χ0n) is 9.31. The minimum absolute atomic E-state index is 0.0846. The molecule has 0 aromatic heterocycles. The third kappa shape index (κ3) is 2.66. The van der Waals surface area contributed by atoms with Crippen molar-refractivity contribution in [3.8, 4) is 0 Å². The summed E-state index contributed by atoms with van der Waals surface area (Å²) in [6.07, 6.45) is 0.126. The molecule has 3 heteroatoms. The second-order valence-corrected chi connectivity index (χ2v) is 4.80. The molecule has 0 bridgehead atoms. The fraction of sp³-hybridized carbons (Fsp3) is 1.00. The Morgan fingerprint density at radius 2 is 2.08 bits per heavy atom. The molecule has 0 spiro atoms. The predicted octanol–water partition coefficient (Wildman–Crippen LogP) is 1.18. The minimum atomic E-state index is -0.218. The Morgan fingerprint density at radius 3 is 2.54 bits per heavy atom. The first-order valence-electron chi connectivity index (χ1n) is 4.81. The zero-order chi connectivity index (χ0) is 10.1. The number of rotatable bonds is 2. The van der Waals surface area contributed by atoms with E-state index in [1.54, 1.807) is 7.11 Å². The third-order valence-electron chi connectivity index (χ3n) is 2.64. The average Bonchev–Trinajstić information content (AvgIpc) is 2.03. The van der Waals surface area contributed by atoms with Crippen molar-refractivity contribution in [3.05, 3.63) is 0 Å². The first-order chi connectivity index (χ1) is 5.87. The minimum Gasteiger partial charge on any atom is -0.376 e. The van der Waals surface area contributed by atoms with Gasteiger partial charge in [0, 0.05) is 20.2 Å². The second kappa shape index (κ2) is 3.56. The molecule has 0 aromatic rings. The van der Waals surface area contributed by atoms with Gasteiger partial charge in [0.05, 0.1) is 17.3 Å². The Hall–Kier alpha value is -0.120. The molecule has 0 amide bonds. The van der Waals surface area contributed by atoms with E-state index in [1.165, 1.54) is 0 Å². The van der Waals surface area contributed by atoms with Crippen LogP contribution in [0, 0.1) is 0 Å². The van der Waals surface area contributed by atoms with Crippen molar-refractivity contribution in [2.24, 2.45) is 0 Å². The lowest BCUT2D eigenvalue weighted by molar-refractivity contribution is -0.176. The van der Waals surface area contributed by atoms with Crippen LogP contribution < -0.4 is 5.32 Å². The normalized spacial score (nSPS) is 28.8. The average molecular weight is 187 g/mol. The van der Waals surface area contributed by atoms with E-state index in [-0.39, 0.29) is 17.3 Å². The van der Waals surface area contributed by atoms with Crippen molar-refractivity contribution in [2.75, 3.05) is 20.2 Å². The topological polar surface area (TPSA) is 30.5 Å². The standard InChI is InChI=1S/C10H21NO2/c1-9(2)7-11-6-8(13-9)10(3,4)12-5/h8,11H,6-7H2,1-5H3. The smallest absolute Gasteiger partial charge is 0.0990 e. The molecule has 0 saturated carbocycles. The summed E-state index contributed by atoms with van der Waals surface area (Å²) in [4.78, 5) is 0. The van der Waals surface area contributed by atoms with Gasteiger partial charge in [-0.1, -0.05) is 0 Å². The number of hydrogen-bond donors (Lipinski definition) is 1. The molecule has 1 atom stereocenters. The van der Waals surface area contributed by atoms with Crippen molar-refractivity contribution < 1.29 is 9.47 Å². The van der Waals surface area contributed by atoms with E-state index < -0.39 is 0 Å². The molecule has 1 rings (SSSR count). The summed E-state index contributed by atoms with van der Waals surface area (Å²) >= 11 is 0. The van der Waals surface area contributed by atoms with Crippen LogP contribution in [0.2, 0.25) is 0 Å². The number of methoxy groups -OCH3 is 1. The van der Waals surface area contributed by atoms with Crippen LogP contribution in [-0.4, -0.2) is 37.5 Å². The largest absolute Gasteiger partial charge is 0.376 e. The Labute approximate surface area is 80.8 Å². The van der Waals surface area contributed by atoms with Crippen molar-refractivity contribution in [3.63, 3.8) is 0 Å². The van der Waals surface area contributed by atoms with Crippen LogP contribution in [0.1, 0.15) is 27.7 Å². The predicted molar refractivity (Wildman–Crippen MR) is 52.9 cm³/mol. The van der Waals surface area contributed by atoms with Gasteiger partial charge >= 0.3 is 0 Å². The van der Waals surface area contributed by atoms with Gasteiger partial charge in [0.1, 0.15) is 0 Å². The van der Waals surface area contributed by atoms with Crippen LogP contribution >= 0.6 is 0 Å². The fourth-order valence-corrected chi connectivity index (χ4v) is 1.49. The van der Waals surface area contributed by atoms with Gasteiger partial charge in [-0.25, -0.2) is 0 Å². The van der Waals surface area contributed by atoms with Gasteiger partial charge in [-0.3, -0.25) is 0 Å². The second-order valence-electron chi connectivity index (χ2n) is 4.80. The summed E-state index contributed by atoms with van der Waals surface area (Å²) in [6.45, 7) is 10.1. The molecule has 1 unspecified atom stereocenters. The van der Waals surface area contributed by atoms with Crippen LogP contribution in [0.25, 0.3) is 0 Å². The molecular weight excluding hydrogens is 166 g/mol. The van der Waals surface area contributed by atoms with E-state index in [9.17, 15) is 0 Å². The van der Waals surface area contributed by atoms with Crippen LogP contribution in [0.3, 0.4) is 0 Å². The summed E-state index contributed by atoms with van der Waals surface area (Å²) < 4.78 is 11.3. The highest BCUT2D eigenvalue weighted by molar-refractivity contribution is 4.90. The molecule has 1 N–H and O–H groups in total. The Kier molecular flexibility index (Phi) is 3.00. The molecule has 0 aromatic carbocycles. The lowest BCUT2D eigenvalue weighted by atomic mass is 9.97. The van der Waals surface area contributed by atoms with E-state index in [0.29, 0.717) is 0 Å². The monoisotopic (exact) mass is 187 g/mol. The van der Waals surface area contributed by atoms with E-state index in [4.69, 9.17) is 9.47 Å². The molecule has 1 aliphatic rings. The SMILES string of the molecule is COC(C)(C)C1CNCC(C)(C)O1. The number of nitrogens with one attached hydrogen (secondary N) is 1. The van der Waals surface area contributed by atoms with Crippen molar-refractivity contribution in [2.45, 2.75) is 45.0 Å². The molecular formula is C10H21NO2. The number of hydrogen-bond acceptors (Lipinski definition) is 3. The molecule has 78 valence electrons. The van der Waals surface area contributed by atoms with Crippen LogP contribution in [0.5, 0.6) is 0 Å². The molecule has 13 heavy (non-hydrogen) atoms. The van der Waals surface area contributed by atoms with Crippen LogP contribution in [-0.2, 0) is 9.47 Å². The van der Waals surface area contributed by atoms with Crippen molar-refractivity contribution in [1.82, 2.24) is 5.32 Å². The Morgan fingerprint density at radius 1 is 1.46 bits per heavy atom. The molecule has 1 heterocycles. The summed E-state index contributed by atoms with van der Waals surface area (Å²) in [5.41, 5.74) is -0.302. The molecule has 1 aliphatic heterocycles. The Bertz CT molecular complexity index is 178. The maximum atomic E-state index is 5.94. The van der Waals surface area contributed by atoms with Gasteiger partial charge in [0.2, 0.25) is 0 Å². The summed E-state index contributed by atoms with van der Waals surface area (Å²) in [5, 5.41) is 3.36. The van der Waals surface area contributed by atoms with Gasteiger partial charge in [-0.05, 0) is 27.7 Å². The molecule has 0 radical (unpaired) electrons. The summed E-state index contributed by atoms with van der Waals surface area (Å²) in [6, 6.07) is 0. The molecule has 1 fully saturated rings. The first kappa shape index (κ1) is 11.0. The maximum Gasteiger partial charge on any atom is 0.0990 e. The lowest BCUT2D eigenvalue weighted by Crippen LogP contribution is -2.57. The highest BCUT2D eigenvalue weighted by Crippen LogP contribution is 2.24. The van der Waals surface area contributed by atoms with Gasteiger partial charge in [0.15, 0.2) is 0 Å². The quantitative estimate of drug-likeness (QED) is 0.704. The number of morpholine rings is 1.